The predicted molar refractivity (Wildman–Crippen MR) is 102 cm³/mol. The van der Waals surface area contributed by atoms with Gasteiger partial charge in [-0.15, -0.1) is 11.3 Å². The van der Waals surface area contributed by atoms with E-state index in [4.69, 9.17) is 4.74 Å². The molecule has 1 aromatic heterocycles. The van der Waals surface area contributed by atoms with E-state index in [0.717, 1.165) is 35.5 Å². The number of carboxylic acid groups (broad SMARTS) is 1. The van der Waals surface area contributed by atoms with E-state index in [1.807, 2.05) is 30.3 Å². The molecule has 0 aliphatic heterocycles. The highest BCUT2D eigenvalue weighted by Gasteiger charge is 2.28. The molecule has 0 spiro atoms. The van der Waals surface area contributed by atoms with Crippen molar-refractivity contribution in [3.8, 4) is 5.75 Å². The Kier molecular flexibility index (Phi) is 5.93. The van der Waals surface area contributed by atoms with Crippen LogP contribution < -0.4 is 10.1 Å². The molecular formula is C20H23NO4S. The Morgan fingerprint density at radius 1 is 1.31 bits per heavy atom. The van der Waals surface area contributed by atoms with Crippen molar-refractivity contribution in [2.75, 3.05) is 11.9 Å². The average Bonchev–Trinajstić information content (AvgIpc) is 2.96. The first-order valence-electron chi connectivity index (χ1n) is 8.90. The second kappa shape index (κ2) is 8.36. The van der Waals surface area contributed by atoms with Crippen LogP contribution in [0.2, 0.25) is 0 Å². The largest absolute Gasteiger partial charge is 0.494 e. The minimum absolute atomic E-state index is 0.171. The van der Waals surface area contributed by atoms with Crippen molar-refractivity contribution >= 4 is 28.2 Å². The number of thiophene rings is 1. The molecule has 1 unspecified atom stereocenters. The summed E-state index contributed by atoms with van der Waals surface area (Å²) < 4.78 is 5.58. The lowest BCUT2D eigenvalue weighted by atomic mass is 9.88. The van der Waals surface area contributed by atoms with Gasteiger partial charge in [-0.25, -0.2) is 4.79 Å². The van der Waals surface area contributed by atoms with Crippen LogP contribution in [0.1, 0.15) is 47.0 Å². The molecule has 0 radical (unpaired) electrons. The predicted octanol–water partition coefficient (Wildman–Crippen LogP) is 4.37. The highest BCUT2D eigenvalue weighted by atomic mass is 32.1. The van der Waals surface area contributed by atoms with Crippen LogP contribution in [0.3, 0.4) is 0 Å². The van der Waals surface area contributed by atoms with E-state index in [0.29, 0.717) is 30.4 Å². The van der Waals surface area contributed by atoms with Crippen LogP contribution in [-0.2, 0) is 17.6 Å². The van der Waals surface area contributed by atoms with Gasteiger partial charge in [-0.1, -0.05) is 25.1 Å². The van der Waals surface area contributed by atoms with E-state index in [1.165, 1.54) is 11.3 Å². The fraction of sp³-hybridized carbons (Fsp3) is 0.400. The van der Waals surface area contributed by atoms with Gasteiger partial charge in [-0.2, -0.15) is 0 Å². The molecule has 2 N–H and O–H groups in total. The number of carbonyl (C=O) groups excluding carboxylic acids is 1. The molecule has 3 rings (SSSR count). The van der Waals surface area contributed by atoms with E-state index in [2.05, 4.69) is 12.2 Å². The Hall–Kier alpha value is -2.34. The molecule has 0 fully saturated rings. The van der Waals surface area contributed by atoms with Crippen molar-refractivity contribution in [3.05, 3.63) is 46.3 Å². The summed E-state index contributed by atoms with van der Waals surface area (Å²) in [7, 11) is 0. The highest BCUT2D eigenvalue weighted by Crippen LogP contribution is 2.39. The number of carboxylic acids is 1. The van der Waals surface area contributed by atoms with Crippen LogP contribution >= 0.6 is 11.3 Å². The van der Waals surface area contributed by atoms with Gasteiger partial charge in [0, 0.05) is 11.3 Å². The normalized spacial score (nSPS) is 16.0. The highest BCUT2D eigenvalue weighted by molar-refractivity contribution is 7.17. The van der Waals surface area contributed by atoms with E-state index in [9.17, 15) is 14.7 Å². The molecule has 2 aromatic rings. The Labute approximate surface area is 157 Å². The summed E-state index contributed by atoms with van der Waals surface area (Å²) in [5.74, 6) is 0.207. The number of hydrogen-bond acceptors (Lipinski definition) is 4. The number of nitrogens with one attached hydrogen (secondary N) is 1. The summed E-state index contributed by atoms with van der Waals surface area (Å²) >= 11 is 1.41. The third kappa shape index (κ3) is 4.43. The molecule has 1 aliphatic carbocycles. The summed E-state index contributed by atoms with van der Waals surface area (Å²) in [5, 5.41) is 12.8. The fourth-order valence-corrected chi connectivity index (χ4v) is 4.61. The van der Waals surface area contributed by atoms with Gasteiger partial charge in [0.05, 0.1) is 12.2 Å². The second-order valence-corrected chi connectivity index (χ2v) is 7.78. The van der Waals surface area contributed by atoms with Gasteiger partial charge in [-0.05, 0) is 49.3 Å². The first-order valence-corrected chi connectivity index (χ1v) is 9.71. The maximum atomic E-state index is 12.2. The van der Waals surface area contributed by atoms with Gasteiger partial charge in [0.25, 0.3) is 0 Å². The van der Waals surface area contributed by atoms with Gasteiger partial charge in [-0.3, -0.25) is 4.79 Å². The minimum atomic E-state index is -0.959. The molecule has 26 heavy (non-hydrogen) atoms. The minimum Gasteiger partial charge on any atom is -0.494 e. The zero-order valence-electron chi connectivity index (χ0n) is 14.8. The van der Waals surface area contributed by atoms with Crippen LogP contribution in [-0.4, -0.2) is 23.6 Å². The third-order valence-electron chi connectivity index (χ3n) is 4.54. The molecule has 1 aliphatic rings. The summed E-state index contributed by atoms with van der Waals surface area (Å²) in [6.45, 7) is 2.62. The SMILES string of the molecule is CC1CCc2c(sc(NC(=O)CCCOc3ccccc3)c2C(=O)O)C1. The van der Waals surface area contributed by atoms with Crippen molar-refractivity contribution in [2.24, 2.45) is 5.92 Å². The number of anilines is 1. The van der Waals surface area contributed by atoms with Crippen molar-refractivity contribution in [2.45, 2.75) is 39.0 Å². The van der Waals surface area contributed by atoms with Crippen LogP contribution in [0.4, 0.5) is 5.00 Å². The molecule has 1 atom stereocenters. The number of amides is 1. The number of benzene rings is 1. The van der Waals surface area contributed by atoms with Gasteiger partial charge in [0.1, 0.15) is 10.8 Å². The molecule has 1 heterocycles. The lowest BCUT2D eigenvalue weighted by Gasteiger charge is -2.17. The molecule has 6 heteroatoms. The van der Waals surface area contributed by atoms with Crippen molar-refractivity contribution in [1.82, 2.24) is 0 Å². The maximum absolute atomic E-state index is 12.2. The number of carbonyl (C=O) groups is 2. The number of ether oxygens (including phenoxy) is 1. The molecule has 138 valence electrons. The van der Waals surface area contributed by atoms with Crippen molar-refractivity contribution < 1.29 is 19.4 Å². The standard InChI is InChI=1S/C20H23NO4S/c1-13-9-10-15-16(12-13)26-19(18(15)20(23)24)21-17(22)8-5-11-25-14-6-3-2-4-7-14/h2-4,6-7,13H,5,8-12H2,1H3,(H,21,22)(H,23,24). The van der Waals surface area contributed by atoms with Crippen LogP contribution in [0.25, 0.3) is 0 Å². The van der Waals surface area contributed by atoms with E-state index in [1.54, 1.807) is 0 Å². The monoisotopic (exact) mass is 373 g/mol. The third-order valence-corrected chi connectivity index (χ3v) is 5.71. The first kappa shape index (κ1) is 18.5. The number of hydrogen-bond donors (Lipinski definition) is 2. The quantitative estimate of drug-likeness (QED) is 0.707. The molecule has 5 nitrogen and oxygen atoms in total. The van der Waals surface area contributed by atoms with Gasteiger partial charge >= 0.3 is 5.97 Å². The molecule has 0 bridgehead atoms. The lowest BCUT2D eigenvalue weighted by Crippen LogP contribution is -2.15. The van der Waals surface area contributed by atoms with Crippen LogP contribution in [0.5, 0.6) is 5.75 Å². The van der Waals surface area contributed by atoms with Gasteiger partial charge in [0.15, 0.2) is 0 Å². The lowest BCUT2D eigenvalue weighted by molar-refractivity contribution is -0.116. The maximum Gasteiger partial charge on any atom is 0.339 e. The zero-order valence-corrected chi connectivity index (χ0v) is 15.6. The number of rotatable bonds is 7. The number of fused-ring (bicyclic) bond motifs is 1. The fourth-order valence-electron chi connectivity index (χ4n) is 3.19. The second-order valence-electron chi connectivity index (χ2n) is 6.67. The summed E-state index contributed by atoms with van der Waals surface area (Å²) in [6, 6.07) is 9.46. The Bertz CT molecular complexity index is 785. The zero-order chi connectivity index (χ0) is 18.5. The van der Waals surface area contributed by atoms with E-state index in [-0.39, 0.29) is 11.5 Å². The van der Waals surface area contributed by atoms with Crippen molar-refractivity contribution in [3.63, 3.8) is 0 Å². The molecule has 0 saturated carbocycles. The smallest absolute Gasteiger partial charge is 0.339 e. The first-order chi connectivity index (χ1) is 12.5. The summed E-state index contributed by atoms with van der Waals surface area (Å²) in [4.78, 5) is 25.0. The van der Waals surface area contributed by atoms with E-state index >= 15 is 0 Å². The summed E-state index contributed by atoms with van der Waals surface area (Å²) in [5.41, 5.74) is 1.19. The molecule has 1 aromatic carbocycles. The average molecular weight is 373 g/mol. The van der Waals surface area contributed by atoms with Crippen molar-refractivity contribution in [1.29, 1.82) is 0 Å². The van der Waals surface area contributed by atoms with E-state index < -0.39 is 5.97 Å². The number of aromatic carboxylic acids is 1. The summed E-state index contributed by atoms with van der Waals surface area (Å²) in [6.07, 6.45) is 3.53. The van der Waals surface area contributed by atoms with Crippen LogP contribution in [0, 0.1) is 5.92 Å². The molecule has 1 amide bonds. The number of para-hydroxylation sites is 1. The Morgan fingerprint density at radius 3 is 2.81 bits per heavy atom. The molecule has 0 saturated heterocycles. The van der Waals surface area contributed by atoms with Gasteiger partial charge < -0.3 is 15.2 Å². The van der Waals surface area contributed by atoms with Crippen LogP contribution in [0.15, 0.2) is 30.3 Å². The topological polar surface area (TPSA) is 75.6 Å². The molecular weight excluding hydrogens is 350 g/mol. The Morgan fingerprint density at radius 2 is 2.08 bits per heavy atom. The Balaban J connectivity index is 1.56. The van der Waals surface area contributed by atoms with Gasteiger partial charge in [0.2, 0.25) is 5.91 Å².